The van der Waals surface area contributed by atoms with Crippen molar-refractivity contribution >= 4 is 0 Å². The Morgan fingerprint density at radius 1 is 1.19 bits per heavy atom. The lowest BCUT2D eigenvalue weighted by atomic mass is 10.2. The molecule has 0 aliphatic carbocycles. The van der Waals surface area contributed by atoms with Crippen molar-refractivity contribution in [2.24, 2.45) is 0 Å². The quantitative estimate of drug-likeness (QED) is 0.545. The maximum atomic E-state index is 14.1. The third-order valence-corrected chi connectivity index (χ3v) is 3.67. The lowest BCUT2D eigenvalue weighted by Gasteiger charge is -2.06. The number of hydrogen-bond acceptors (Lipinski definition) is 7. The predicted octanol–water partition coefficient (Wildman–Crippen LogP) is 2.66. The molecule has 0 aliphatic heterocycles. The highest BCUT2D eigenvalue weighted by molar-refractivity contribution is 5.58. The van der Waals surface area contributed by atoms with E-state index in [1.807, 2.05) is 6.07 Å². The first-order chi connectivity index (χ1) is 12.8. The van der Waals surface area contributed by atoms with Gasteiger partial charge < -0.3 is 9.26 Å². The number of halogens is 1. The van der Waals surface area contributed by atoms with Gasteiger partial charge in [-0.05, 0) is 24.3 Å². The fraction of sp³-hybridized carbons (Fsp3) is 0.118. The summed E-state index contributed by atoms with van der Waals surface area (Å²) in [5.41, 5.74) is 1.79. The fourth-order valence-corrected chi connectivity index (χ4v) is 2.48. The SMILES string of the molecule is COCc1c(-c2nc(-c3cccnc3)no2)nnn1-c1ccccc1F. The first-order valence-corrected chi connectivity index (χ1v) is 7.71. The van der Waals surface area contributed by atoms with Crippen LogP contribution < -0.4 is 0 Å². The zero-order chi connectivity index (χ0) is 17.9. The molecular weight excluding hydrogens is 339 g/mol. The van der Waals surface area contributed by atoms with Crippen LogP contribution in [0, 0.1) is 5.82 Å². The molecule has 9 heteroatoms. The molecule has 3 aromatic heterocycles. The summed E-state index contributed by atoms with van der Waals surface area (Å²) in [5, 5.41) is 12.1. The molecular formula is C17H13FN6O2. The third kappa shape index (κ3) is 2.84. The number of nitrogens with zero attached hydrogens (tertiary/aromatic N) is 6. The number of para-hydroxylation sites is 1. The molecule has 8 nitrogen and oxygen atoms in total. The molecule has 0 fully saturated rings. The number of aromatic nitrogens is 6. The molecule has 0 saturated heterocycles. The van der Waals surface area contributed by atoms with Crippen LogP contribution in [0.4, 0.5) is 4.39 Å². The van der Waals surface area contributed by atoms with E-state index < -0.39 is 5.82 Å². The number of ether oxygens (including phenoxy) is 1. The summed E-state index contributed by atoms with van der Waals surface area (Å²) >= 11 is 0. The molecule has 4 aromatic rings. The molecule has 1 aromatic carbocycles. The van der Waals surface area contributed by atoms with Crippen LogP contribution in [0.3, 0.4) is 0 Å². The van der Waals surface area contributed by atoms with E-state index in [9.17, 15) is 4.39 Å². The van der Waals surface area contributed by atoms with Gasteiger partial charge in [0, 0.05) is 25.1 Å². The molecule has 0 bridgehead atoms. The topological polar surface area (TPSA) is 91.8 Å². The van der Waals surface area contributed by atoms with Gasteiger partial charge in [-0.15, -0.1) is 5.10 Å². The van der Waals surface area contributed by atoms with Crippen molar-refractivity contribution in [1.82, 2.24) is 30.1 Å². The van der Waals surface area contributed by atoms with Crippen LogP contribution in [0.5, 0.6) is 0 Å². The van der Waals surface area contributed by atoms with Gasteiger partial charge in [-0.1, -0.05) is 22.5 Å². The largest absolute Gasteiger partial charge is 0.378 e. The van der Waals surface area contributed by atoms with E-state index in [1.165, 1.54) is 17.9 Å². The normalized spacial score (nSPS) is 11.0. The summed E-state index contributed by atoms with van der Waals surface area (Å²) < 4.78 is 26.0. The van der Waals surface area contributed by atoms with Gasteiger partial charge in [0.05, 0.1) is 6.61 Å². The smallest absolute Gasteiger partial charge is 0.280 e. The van der Waals surface area contributed by atoms with Gasteiger partial charge in [-0.3, -0.25) is 4.98 Å². The molecule has 0 radical (unpaired) electrons. The van der Waals surface area contributed by atoms with E-state index in [-0.39, 0.29) is 18.2 Å². The standard InChI is InChI=1S/C17H13FN6O2/c1-25-10-14-15(21-23-24(14)13-7-3-2-6-12(13)18)17-20-16(22-26-17)11-5-4-8-19-9-11/h2-9H,10H2,1H3. The molecule has 130 valence electrons. The summed E-state index contributed by atoms with van der Waals surface area (Å²) in [6.45, 7) is 0.140. The molecule has 0 spiro atoms. The Balaban J connectivity index is 1.78. The van der Waals surface area contributed by atoms with Gasteiger partial charge in [0.15, 0.2) is 5.69 Å². The maximum absolute atomic E-state index is 14.1. The van der Waals surface area contributed by atoms with Crippen LogP contribution in [0.1, 0.15) is 5.69 Å². The first-order valence-electron chi connectivity index (χ1n) is 7.71. The van der Waals surface area contributed by atoms with Crippen LogP contribution in [-0.2, 0) is 11.3 Å². The molecule has 0 N–H and O–H groups in total. The molecule has 0 amide bonds. The lowest BCUT2D eigenvalue weighted by molar-refractivity contribution is 0.179. The zero-order valence-electron chi connectivity index (χ0n) is 13.7. The van der Waals surface area contributed by atoms with E-state index in [1.54, 1.807) is 36.7 Å². The molecule has 0 saturated carbocycles. The first kappa shape index (κ1) is 16.0. The van der Waals surface area contributed by atoms with Crippen molar-refractivity contribution in [3.63, 3.8) is 0 Å². The number of methoxy groups -OCH3 is 1. The Kier molecular flexibility index (Phi) is 4.20. The summed E-state index contributed by atoms with van der Waals surface area (Å²) in [6, 6.07) is 9.85. The minimum absolute atomic E-state index is 0.140. The third-order valence-electron chi connectivity index (χ3n) is 3.67. The summed E-state index contributed by atoms with van der Waals surface area (Å²) in [4.78, 5) is 8.37. The van der Waals surface area contributed by atoms with Crippen LogP contribution in [0.25, 0.3) is 28.7 Å². The Morgan fingerprint density at radius 2 is 2.08 bits per heavy atom. The highest BCUT2D eigenvalue weighted by atomic mass is 19.1. The Morgan fingerprint density at radius 3 is 2.85 bits per heavy atom. The number of hydrogen-bond donors (Lipinski definition) is 0. The van der Waals surface area contributed by atoms with Crippen molar-refractivity contribution < 1.29 is 13.7 Å². The van der Waals surface area contributed by atoms with Crippen molar-refractivity contribution in [3.05, 3.63) is 60.3 Å². The van der Waals surface area contributed by atoms with E-state index in [2.05, 4.69) is 25.4 Å². The van der Waals surface area contributed by atoms with E-state index >= 15 is 0 Å². The van der Waals surface area contributed by atoms with Crippen LogP contribution in [0.2, 0.25) is 0 Å². The lowest BCUT2D eigenvalue weighted by Crippen LogP contribution is -2.06. The van der Waals surface area contributed by atoms with Gasteiger partial charge in [-0.2, -0.15) is 4.98 Å². The van der Waals surface area contributed by atoms with Gasteiger partial charge >= 0.3 is 0 Å². The van der Waals surface area contributed by atoms with Crippen molar-refractivity contribution in [1.29, 1.82) is 0 Å². The Hall–Kier alpha value is -3.46. The number of pyridine rings is 1. The van der Waals surface area contributed by atoms with Gasteiger partial charge in [-0.25, -0.2) is 9.07 Å². The van der Waals surface area contributed by atoms with Crippen molar-refractivity contribution in [3.8, 4) is 28.7 Å². The maximum Gasteiger partial charge on any atom is 0.280 e. The minimum Gasteiger partial charge on any atom is -0.378 e. The van der Waals surface area contributed by atoms with E-state index in [0.29, 0.717) is 22.8 Å². The predicted molar refractivity (Wildman–Crippen MR) is 88.6 cm³/mol. The second-order valence-corrected chi connectivity index (χ2v) is 5.35. The molecule has 26 heavy (non-hydrogen) atoms. The molecule has 0 unspecified atom stereocenters. The molecule has 0 aliphatic rings. The van der Waals surface area contributed by atoms with Gasteiger partial charge in [0.2, 0.25) is 5.82 Å². The molecule has 4 rings (SSSR count). The highest BCUT2D eigenvalue weighted by Crippen LogP contribution is 2.25. The minimum atomic E-state index is -0.428. The molecule has 3 heterocycles. The average Bonchev–Trinajstić information content (AvgIpc) is 3.30. The highest BCUT2D eigenvalue weighted by Gasteiger charge is 2.22. The van der Waals surface area contributed by atoms with Crippen molar-refractivity contribution in [2.45, 2.75) is 6.61 Å². The Bertz CT molecular complexity index is 1030. The second-order valence-electron chi connectivity index (χ2n) is 5.35. The average molecular weight is 352 g/mol. The number of benzene rings is 1. The monoisotopic (exact) mass is 352 g/mol. The zero-order valence-corrected chi connectivity index (χ0v) is 13.7. The molecule has 0 atom stereocenters. The van der Waals surface area contributed by atoms with Gasteiger partial charge in [0.25, 0.3) is 5.89 Å². The summed E-state index contributed by atoms with van der Waals surface area (Å²) in [7, 11) is 1.53. The van der Waals surface area contributed by atoms with Crippen LogP contribution in [-0.4, -0.2) is 37.2 Å². The fourth-order valence-electron chi connectivity index (χ4n) is 2.48. The number of rotatable bonds is 5. The second kappa shape index (κ2) is 6.81. The van der Waals surface area contributed by atoms with Gasteiger partial charge in [0.1, 0.15) is 17.2 Å². The van der Waals surface area contributed by atoms with Crippen LogP contribution >= 0.6 is 0 Å². The van der Waals surface area contributed by atoms with E-state index in [4.69, 9.17) is 9.26 Å². The van der Waals surface area contributed by atoms with E-state index in [0.717, 1.165) is 0 Å². The van der Waals surface area contributed by atoms with Crippen LogP contribution in [0.15, 0.2) is 53.3 Å². The summed E-state index contributed by atoms with van der Waals surface area (Å²) in [6.07, 6.45) is 3.28. The van der Waals surface area contributed by atoms with Crippen molar-refractivity contribution in [2.75, 3.05) is 7.11 Å². The Labute approximate surface area is 147 Å². The summed E-state index contributed by atoms with van der Waals surface area (Å²) in [5.74, 6) is 0.110.